The number of nitrogens with one attached hydrogen (secondary N) is 2. The molecule has 1 aliphatic heterocycles. The Balaban J connectivity index is 1.40. The third-order valence-electron chi connectivity index (χ3n) is 6.32. The number of amides is 2. The lowest BCUT2D eigenvalue weighted by atomic mass is 10.1. The Labute approximate surface area is 205 Å². The number of para-hydroxylation sites is 1. The molecule has 8 heteroatoms. The van der Waals surface area contributed by atoms with Crippen LogP contribution >= 0.6 is 0 Å². The first kappa shape index (κ1) is 24.3. The van der Waals surface area contributed by atoms with Crippen molar-refractivity contribution in [3.63, 3.8) is 0 Å². The molecule has 1 aliphatic rings. The van der Waals surface area contributed by atoms with Crippen molar-refractivity contribution in [3.8, 4) is 0 Å². The van der Waals surface area contributed by atoms with Crippen LogP contribution in [0.1, 0.15) is 22.7 Å². The summed E-state index contributed by atoms with van der Waals surface area (Å²) in [5.41, 5.74) is 4.05. The van der Waals surface area contributed by atoms with E-state index in [1.807, 2.05) is 55.1 Å². The van der Waals surface area contributed by atoms with Gasteiger partial charge in [0.15, 0.2) is 0 Å². The van der Waals surface area contributed by atoms with E-state index in [-0.39, 0.29) is 18.4 Å². The topological polar surface area (TPSA) is 77.6 Å². The maximum atomic E-state index is 14.2. The molecule has 4 rings (SSSR count). The molecule has 0 bridgehead atoms. The summed E-state index contributed by atoms with van der Waals surface area (Å²) < 4.78 is 14.2. The molecule has 35 heavy (non-hydrogen) atoms. The third-order valence-corrected chi connectivity index (χ3v) is 6.32. The maximum Gasteiger partial charge on any atom is 0.313 e. The molecule has 1 fully saturated rings. The Morgan fingerprint density at radius 3 is 2.49 bits per heavy atom. The van der Waals surface area contributed by atoms with E-state index >= 15 is 0 Å². The SMILES string of the molecule is Cc1ccc(C)c(NC(=O)C(=O)NC[C@H](c2cccnc2)N2CCN(c3ccccc3F)CC2)c1. The average molecular weight is 476 g/mol. The number of hydrogen-bond donors (Lipinski definition) is 2. The van der Waals surface area contributed by atoms with Crippen LogP contribution in [0.25, 0.3) is 0 Å². The lowest BCUT2D eigenvalue weighted by Crippen LogP contribution is -2.50. The van der Waals surface area contributed by atoms with Crippen molar-refractivity contribution in [2.45, 2.75) is 19.9 Å². The second-order valence-electron chi connectivity index (χ2n) is 8.76. The molecule has 0 unspecified atom stereocenters. The highest BCUT2D eigenvalue weighted by atomic mass is 19.1. The minimum Gasteiger partial charge on any atom is -0.367 e. The van der Waals surface area contributed by atoms with Gasteiger partial charge in [0.2, 0.25) is 0 Å². The minimum absolute atomic E-state index is 0.163. The first-order valence-corrected chi connectivity index (χ1v) is 11.7. The van der Waals surface area contributed by atoms with Crippen LogP contribution in [-0.2, 0) is 9.59 Å². The highest BCUT2D eigenvalue weighted by molar-refractivity contribution is 6.39. The van der Waals surface area contributed by atoms with Gasteiger partial charge in [0.25, 0.3) is 0 Å². The number of anilines is 2. The van der Waals surface area contributed by atoms with E-state index in [1.54, 1.807) is 24.5 Å². The van der Waals surface area contributed by atoms with Gasteiger partial charge in [-0.15, -0.1) is 0 Å². The molecule has 2 amide bonds. The number of aromatic nitrogens is 1. The smallest absolute Gasteiger partial charge is 0.313 e. The van der Waals surface area contributed by atoms with Crippen molar-refractivity contribution in [1.29, 1.82) is 0 Å². The zero-order valence-corrected chi connectivity index (χ0v) is 20.0. The molecular weight excluding hydrogens is 445 g/mol. The number of carbonyl (C=O) groups excluding carboxylic acids is 2. The molecule has 0 radical (unpaired) electrons. The van der Waals surface area contributed by atoms with Gasteiger partial charge in [-0.1, -0.05) is 30.3 Å². The van der Waals surface area contributed by atoms with Crippen LogP contribution in [0.15, 0.2) is 67.0 Å². The normalized spacial score (nSPS) is 14.9. The Morgan fingerprint density at radius 2 is 1.77 bits per heavy atom. The number of carbonyl (C=O) groups is 2. The molecule has 182 valence electrons. The lowest BCUT2D eigenvalue weighted by Gasteiger charge is -2.40. The van der Waals surface area contributed by atoms with Gasteiger partial charge in [0.1, 0.15) is 5.82 Å². The fourth-order valence-corrected chi connectivity index (χ4v) is 4.33. The second-order valence-corrected chi connectivity index (χ2v) is 8.76. The fraction of sp³-hybridized carbons (Fsp3) is 0.296. The van der Waals surface area contributed by atoms with Gasteiger partial charge >= 0.3 is 11.8 Å². The number of pyridine rings is 1. The van der Waals surface area contributed by atoms with Crippen LogP contribution in [0.5, 0.6) is 0 Å². The third kappa shape index (κ3) is 6.02. The zero-order chi connectivity index (χ0) is 24.8. The fourth-order valence-electron chi connectivity index (χ4n) is 4.33. The van der Waals surface area contributed by atoms with Gasteiger partial charge in [-0.05, 0) is 54.8 Å². The van der Waals surface area contributed by atoms with Gasteiger partial charge < -0.3 is 15.5 Å². The predicted octanol–water partition coefficient (Wildman–Crippen LogP) is 3.46. The quantitative estimate of drug-likeness (QED) is 0.534. The van der Waals surface area contributed by atoms with Gasteiger partial charge in [-0.2, -0.15) is 0 Å². The highest BCUT2D eigenvalue weighted by Gasteiger charge is 2.27. The molecule has 2 N–H and O–H groups in total. The van der Waals surface area contributed by atoms with Crippen LogP contribution < -0.4 is 15.5 Å². The van der Waals surface area contributed by atoms with Crippen molar-refractivity contribution in [2.75, 3.05) is 42.9 Å². The second kappa shape index (κ2) is 11.1. The first-order chi connectivity index (χ1) is 16.9. The molecule has 2 aromatic carbocycles. The van der Waals surface area contributed by atoms with Crippen LogP contribution in [0.3, 0.4) is 0 Å². The van der Waals surface area contributed by atoms with Crippen molar-refractivity contribution in [1.82, 2.24) is 15.2 Å². The first-order valence-electron chi connectivity index (χ1n) is 11.7. The summed E-state index contributed by atoms with van der Waals surface area (Å²) >= 11 is 0. The number of aryl methyl sites for hydroxylation is 2. The Kier molecular flexibility index (Phi) is 7.72. The number of piperazine rings is 1. The Morgan fingerprint density at radius 1 is 1.00 bits per heavy atom. The van der Waals surface area contributed by atoms with Gasteiger partial charge in [0.05, 0.1) is 11.7 Å². The van der Waals surface area contributed by atoms with E-state index in [0.29, 0.717) is 37.6 Å². The van der Waals surface area contributed by atoms with E-state index in [2.05, 4.69) is 20.5 Å². The molecule has 0 spiro atoms. The van der Waals surface area contributed by atoms with Crippen molar-refractivity contribution in [3.05, 3.63) is 89.5 Å². The lowest BCUT2D eigenvalue weighted by molar-refractivity contribution is -0.136. The molecule has 2 heterocycles. The van der Waals surface area contributed by atoms with E-state index in [9.17, 15) is 14.0 Å². The highest BCUT2D eigenvalue weighted by Crippen LogP contribution is 2.25. The van der Waals surface area contributed by atoms with E-state index in [1.165, 1.54) is 6.07 Å². The maximum absolute atomic E-state index is 14.2. The molecule has 3 aromatic rings. The number of rotatable bonds is 6. The number of hydrogen-bond acceptors (Lipinski definition) is 5. The van der Waals surface area contributed by atoms with Gasteiger partial charge in [0, 0.05) is 50.8 Å². The molecule has 0 saturated carbocycles. The van der Waals surface area contributed by atoms with Crippen LogP contribution in [0.4, 0.5) is 15.8 Å². The van der Waals surface area contributed by atoms with E-state index in [0.717, 1.165) is 16.7 Å². The molecular formula is C27H30FN5O2. The summed E-state index contributed by atoms with van der Waals surface area (Å²) in [7, 11) is 0. The van der Waals surface area contributed by atoms with E-state index < -0.39 is 11.8 Å². The molecule has 1 atom stereocenters. The molecule has 7 nitrogen and oxygen atoms in total. The predicted molar refractivity (Wildman–Crippen MR) is 135 cm³/mol. The van der Waals surface area contributed by atoms with Gasteiger partial charge in [-0.25, -0.2) is 4.39 Å². The van der Waals surface area contributed by atoms with Crippen molar-refractivity contribution < 1.29 is 14.0 Å². The standard InChI is InChI=1S/C27H30FN5O2/c1-19-9-10-20(2)23(16-19)31-27(35)26(34)30-18-25(21-6-5-11-29-17-21)33-14-12-32(13-15-33)24-8-4-3-7-22(24)28/h3-11,16-17,25H,12-15,18H2,1-2H3,(H,30,34)(H,31,35)/t25-/m1/s1. The number of nitrogens with zero attached hydrogens (tertiary/aromatic N) is 3. The molecule has 1 saturated heterocycles. The van der Waals surface area contributed by atoms with Crippen LogP contribution in [0.2, 0.25) is 0 Å². The molecule has 1 aromatic heterocycles. The van der Waals surface area contributed by atoms with Crippen molar-refractivity contribution >= 4 is 23.2 Å². The minimum atomic E-state index is -0.701. The Bertz CT molecular complexity index is 1180. The average Bonchev–Trinajstić information content (AvgIpc) is 2.87. The number of benzene rings is 2. The monoisotopic (exact) mass is 475 g/mol. The summed E-state index contributed by atoms with van der Waals surface area (Å²) in [4.78, 5) is 33.7. The zero-order valence-electron chi connectivity index (χ0n) is 20.0. The Hall–Kier alpha value is -3.78. The summed E-state index contributed by atoms with van der Waals surface area (Å²) in [6.45, 7) is 6.73. The van der Waals surface area contributed by atoms with Crippen LogP contribution in [0, 0.1) is 19.7 Å². The number of halogens is 1. The van der Waals surface area contributed by atoms with Gasteiger partial charge in [-0.3, -0.25) is 19.5 Å². The summed E-state index contributed by atoms with van der Waals surface area (Å²) in [5.74, 6) is -1.62. The summed E-state index contributed by atoms with van der Waals surface area (Å²) in [6, 6.07) is 16.1. The summed E-state index contributed by atoms with van der Waals surface area (Å²) in [6.07, 6.45) is 3.48. The van der Waals surface area contributed by atoms with Crippen LogP contribution in [-0.4, -0.2) is 54.4 Å². The van der Waals surface area contributed by atoms with E-state index in [4.69, 9.17) is 0 Å². The molecule has 0 aliphatic carbocycles. The van der Waals surface area contributed by atoms with Crippen molar-refractivity contribution in [2.24, 2.45) is 0 Å². The summed E-state index contributed by atoms with van der Waals surface area (Å²) in [5, 5.41) is 5.49. The largest absolute Gasteiger partial charge is 0.367 e.